The molecule has 2 aromatic rings. The van der Waals surface area contributed by atoms with Gasteiger partial charge in [-0.05, 0) is 54.8 Å². The number of rotatable bonds is 5. The standard InChI is InChI=1S/C16H22N4O2/c1-12(2)22-15-5-3-4-13(10-15)11-20-16(17-18-19-20)14-6-8-21-9-7-14/h3-5,10,12,14H,6-9,11H2,1-2H3. The van der Waals surface area contributed by atoms with Gasteiger partial charge in [0.05, 0.1) is 12.6 Å². The summed E-state index contributed by atoms with van der Waals surface area (Å²) in [6.07, 6.45) is 2.13. The first kappa shape index (κ1) is 15.0. The van der Waals surface area contributed by atoms with Gasteiger partial charge in [0.2, 0.25) is 0 Å². The number of tetrazole rings is 1. The highest BCUT2D eigenvalue weighted by molar-refractivity contribution is 5.28. The van der Waals surface area contributed by atoms with E-state index in [4.69, 9.17) is 9.47 Å². The SMILES string of the molecule is CC(C)Oc1cccc(Cn2nnnc2C2CCOCC2)c1. The quantitative estimate of drug-likeness (QED) is 0.848. The number of nitrogens with zero attached hydrogens (tertiary/aromatic N) is 4. The Bertz CT molecular complexity index is 606. The van der Waals surface area contributed by atoms with Crippen molar-refractivity contribution in [3.63, 3.8) is 0 Å². The van der Waals surface area contributed by atoms with Gasteiger partial charge in [0.15, 0.2) is 5.82 Å². The van der Waals surface area contributed by atoms with Crippen molar-refractivity contribution in [3.05, 3.63) is 35.7 Å². The molecule has 118 valence electrons. The van der Waals surface area contributed by atoms with Crippen LogP contribution in [0.2, 0.25) is 0 Å². The maximum Gasteiger partial charge on any atom is 0.154 e. The van der Waals surface area contributed by atoms with Gasteiger partial charge in [-0.1, -0.05) is 12.1 Å². The van der Waals surface area contributed by atoms with Crippen molar-refractivity contribution in [2.45, 2.75) is 45.3 Å². The Kier molecular flexibility index (Phi) is 4.68. The number of aromatic nitrogens is 4. The van der Waals surface area contributed by atoms with Crippen LogP contribution in [0.4, 0.5) is 0 Å². The Morgan fingerprint density at radius 2 is 2.14 bits per heavy atom. The lowest BCUT2D eigenvalue weighted by atomic mass is 9.99. The molecule has 0 bridgehead atoms. The summed E-state index contributed by atoms with van der Waals surface area (Å²) in [5, 5.41) is 12.2. The van der Waals surface area contributed by atoms with E-state index in [9.17, 15) is 0 Å². The molecule has 1 aromatic carbocycles. The Balaban J connectivity index is 1.74. The van der Waals surface area contributed by atoms with Crippen molar-refractivity contribution in [1.82, 2.24) is 20.2 Å². The Labute approximate surface area is 130 Å². The highest BCUT2D eigenvalue weighted by Gasteiger charge is 2.22. The van der Waals surface area contributed by atoms with Crippen LogP contribution in [0.1, 0.15) is 44.0 Å². The number of ether oxygens (including phenoxy) is 2. The maximum atomic E-state index is 5.74. The Morgan fingerprint density at radius 3 is 2.91 bits per heavy atom. The van der Waals surface area contributed by atoms with Gasteiger partial charge in [0.25, 0.3) is 0 Å². The molecule has 0 saturated carbocycles. The topological polar surface area (TPSA) is 62.1 Å². The van der Waals surface area contributed by atoms with E-state index < -0.39 is 0 Å². The highest BCUT2D eigenvalue weighted by atomic mass is 16.5. The van der Waals surface area contributed by atoms with Gasteiger partial charge in [-0.2, -0.15) is 0 Å². The van der Waals surface area contributed by atoms with E-state index >= 15 is 0 Å². The van der Waals surface area contributed by atoms with Crippen LogP contribution in [0.15, 0.2) is 24.3 Å². The average molecular weight is 302 g/mol. The lowest BCUT2D eigenvalue weighted by Gasteiger charge is -2.21. The fourth-order valence-electron chi connectivity index (χ4n) is 2.73. The van der Waals surface area contributed by atoms with Gasteiger partial charge < -0.3 is 9.47 Å². The van der Waals surface area contributed by atoms with E-state index in [1.807, 2.05) is 30.7 Å². The first-order chi connectivity index (χ1) is 10.7. The minimum Gasteiger partial charge on any atom is -0.491 e. The molecule has 0 amide bonds. The average Bonchev–Trinajstić information content (AvgIpc) is 2.96. The normalized spacial score (nSPS) is 16.1. The first-order valence-electron chi connectivity index (χ1n) is 7.82. The number of benzene rings is 1. The Morgan fingerprint density at radius 1 is 1.32 bits per heavy atom. The second-order valence-electron chi connectivity index (χ2n) is 5.90. The van der Waals surface area contributed by atoms with Crippen LogP contribution in [0, 0.1) is 0 Å². The van der Waals surface area contributed by atoms with E-state index in [-0.39, 0.29) is 6.10 Å². The summed E-state index contributed by atoms with van der Waals surface area (Å²) < 4.78 is 13.1. The summed E-state index contributed by atoms with van der Waals surface area (Å²) >= 11 is 0. The van der Waals surface area contributed by atoms with Crippen LogP contribution >= 0.6 is 0 Å². The molecule has 0 atom stereocenters. The third-order valence-electron chi connectivity index (χ3n) is 3.75. The van der Waals surface area contributed by atoms with Gasteiger partial charge in [-0.15, -0.1) is 5.10 Å². The summed E-state index contributed by atoms with van der Waals surface area (Å²) in [6, 6.07) is 8.10. The third kappa shape index (κ3) is 3.62. The van der Waals surface area contributed by atoms with Gasteiger partial charge in [0, 0.05) is 19.1 Å². The monoisotopic (exact) mass is 302 g/mol. The number of hydrogen-bond acceptors (Lipinski definition) is 5. The van der Waals surface area contributed by atoms with Gasteiger partial charge in [-0.25, -0.2) is 4.68 Å². The molecule has 3 rings (SSSR count). The molecule has 22 heavy (non-hydrogen) atoms. The van der Waals surface area contributed by atoms with Crippen LogP contribution in [0.3, 0.4) is 0 Å². The molecular formula is C16H22N4O2. The molecule has 0 N–H and O–H groups in total. The molecule has 6 heteroatoms. The number of hydrogen-bond donors (Lipinski definition) is 0. The Hall–Kier alpha value is -1.95. The fraction of sp³-hybridized carbons (Fsp3) is 0.562. The summed E-state index contributed by atoms with van der Waals surface area (Å²) in [5.41, 5.74) is 1.14. The van der Waals surface area contributed by atoms with Crippen molar-refractivity contribution in [2.24, 2.45) is 0 Å². The van der Waals surface area contributed by atoms with E-state index in [2.05, 4.69) is 27.7 Å². The summed E-state index contributed by atoms with van der Waals surface area (Å²) in [7, 11) is 0. The third-order valence-corrected chi connectivity index (χ3v) is 3.75. The lowest BCUT2D eigenvalue weighted by molar-refractivity contribution is 0.0826. The fourth-order valence-corrected chi connectivity index (χ4v) is 2.73. The molecule has 1 aliphatic heterocycles. The molecular weight excluding hydrogens is 280 g/mol. The van der Waals surface area contributed by atoms with Gasteiger partial charge >= 0.3 is 0 Å². The predicted molar refractivity (Wildman–Crippen MR) is 81.9 cm³/mol. The minimum atomic E-state index is 0.168. The van der Waals surface area contributed by atoms with Gasteiger partial charge in [-0.3, -0.25) is 0 Å². The zero-order valence-corrected chi connectivity index (χ0v) is 13.1. The van der Waals surface area contributed by atoms with Crippen LogP contribution in [0.5, 0.6) is 5.75 Å². The molecule has 2 heterocycles. The lowest BCUT2D eigenvalue weighted by Crippen LogP contribution is -2.19. The molecule has 0 radical (unpaired) electrons. The van der Waals surface area contributed by atoms with Crippen molar-refractivity contribution in [1.29, 1.82) is 0 Å². The highest BCUT2D eigenvalue weighted by Crippen LogP contribution is 2.25. The van der Waals surface area contributed by atoms with Crippen LogP contribution in [-0.4, -0.2) is 39.5 Å². The maximum absolute atomic E-state index is 5.74. The van der Waals surface area contributed by atoms with Gasteiger partial charge in [0.1, 0.15) is 5.75 Å². The van der Waals surface area contributed by atoms with Crippen molar-refractivity contribution in [2.75, 3.05) is 13.2 Å². The first-order valence-corrected chi connectivity index (χ1v) is 7.82. The van der Waals surface area contributed by atoms with Crippen molar-refractivity contribution >= 4 is 0 Å². The van der Waals surface area contributed by atoms with E-state index in [0.29, 0.717) is 12.5 Å². The summed E-state index contributed by atoms with van der Waals surface area (Å²) in [4.78, 5) is 0. The van der Waals surface area contributed by atoms with E-state index in [0.717, 1.165) is 43.2 Å². The molecule has 0 unspecified atom stereocenters. The van der Waals surface area contributed by atoms with Crippen LogP contribution < -0.4 is 4.74 Å². The van der Waals surface area contributed by atoms with E-state index in [1.54, 1.807) is 0 Å². The minimum absolute atomic E-state index is 0.168. The molecule has 1 fully saturated rings. The molecule has 6 nitrogen and oxygen atoms in total. The largest absolute Gasteiger partial charge is 0.491 e. The van der Waals surface area contributed by atoms with E-state index in [1.165, 1.54) is 0 Å². The second kappa shape index (κ2) is 6.87. The summed E-state index contributed by atoms with van der Waals surface area (Å²) in [5.74, 6) is 2.23. The molecule has 1 aliphatic rings. The van der Waals surface area contributed by atoms with Crippen molar-refractivity contribution < 1.29 is 9.47 Å². The molecule has 1 aromatic heterocycles. The summed E-state index contributed by atoms with van der Waals surface area (Å²) in [6.45, 7) is 6.29. The molecule has 0 aliphatic carbocycles. The molecule has 0 spiro atoms. The zero-order chi connectivity index (χ0) is 15.4. The van der Waals surface area contributed by atoms with Crippen LogP contribution in [0.25, 0.3) is 0 Å². The zero-order valence-electron chi connectivity index (χ0n) is 13.1. The second-order valence-corrected chi connectivity index (χ2v) is 5.90. The molecule has 1 saturated heterocycles. The van der Waals surface area contributed by atoms with Crippen LogP contribution in [-0.2, 0) is 11.3 Å². The van der Waals surface area contributed by atoms with Crippen molar-refractivity contribution in [3.8, 4) is 5.75 Å². The predicted octanol–water partition coefficient (Wildman–Crippen LogP) is 2.40. The smallest absolute Gasteiger partial charge is 0.154 e.